The molecular weight excluding hydrogens is 260 g/mol. The number of carboxylic acid groups (broad SMARTS) is 1. The van der Waals surface area contributed by atoms with Crippen molar-refractivity contribution in [1.82, 2.24) is 10.2 Å². The number of carbonyl (C=O) groups excluding carboxylic acids is 2. The summed E-state index contributed by atoms with van der Waals surface area (Å²) in [5, 5.41) is 10.6. The average molecular weight is 282 g/mol. The van der Waals surface area contributed by atoms with Gasteiger partial charge in [0.15, 0.2) is 0 Å². The molecule has 0 radical (unpaired) electrons. The van der Waals surface area contributed by atoms with Crippen molar-refractivity contribution in [3.05, 3.63) is 12.2 Å². The Hall–Kier alpha value is -1.85. The second-order valence-corrected chi connectivity index (χ2v) is 5.16. The van der Waals surface area contributed by atoms with Gasteiger partial charge < -0.3 is 10.0 Å². The topological polar surface area (TPSA) is 86.7 Å². The Bertz CT molecular complexity index is 403. The molecule has 1 heterocycles. The normalized spacial score (nSPS) is 18.0. The van der Waals surface area contributed by atoms with E-state index in [1.165, 1.54) is 0 Å². The van der Waals surface area contributed by atoms with Crippen molar-refractivity contribution in [3.63, 3.8) is 0 Å². The van der Waals surface area contributed by atoms with Gasteiger partial charge >= 0.3 is 12.0 Å². The average Bonchev–Trinajstić information content (AvgIpc) is 2.45. The van der Waals surface area contributed by atoms with E-state index in [4.69, 9.17) is 5.11 Å². The van der Waals surface area contributed by atoms with E-state index in [1.54, 1.807) is 4.90 Å². The van der Waals surface area contributed by atoms with E-state index < -0.39 is 17.9 Å². The molecule has 1 aliphatic heterocycles. The largest absolute Gasteiger partial charge is 0.478 e. The minimum absolute atomic E-state index is 0.310. The number of likely N-dealkylation sites (tertiary alicyclic amines) is 1. The van der Waals surface area contributed by atoms with Crippen LogP contribution >= 0.6 is 0 Å². The van der Waals surface area contributed by atoms with E-state index in [2.05, 4.69) is 19.2 Å². The van der Waals surface area contributed by atoms with Crippen LogP contribution < -0.4 is 5.32 Å². The van der Waals surface area contributed by atoms with Crippen LogP contribution in [0.15, 0.2) is 12.2 Å². The first kappa shape index (κ1) is 16.2. The highest BCUT2D eigenvalue weighted by molar-refractivity contribution is 6.02. The number of nitrogens with one attached hydrogen (secondary N) is 1. The molecular formula is C14H22N2O4. The highest BCUT2D eigenvalue weighted by Gasteiger charge is 2.33. The SMILES string of the molecule is CCC1(CC)CCN(C(=O)NC(=O)C=CC(=O)O)CC1. The number of carboxylic acids is 1. The summed E-state index contributed by atoms with van der Waals surface area (Å²) in [5.41, 5.74) is 0.310. The van der Waals surface area contributed by atoms with E-state index >= 15 is 0 Å². The molecule has 1 fully saturated rings. The second-order valence-electron chi connectivity index (χ2n) is 5.16. The van der Waals surface area contributed by atoms with Crippen molar-refractivity contribution in [2.75, 3.05) is 13.1 Å². The molecule has 0 atom stereocenters. The third-order valence-corrected chi connectivity index (χ3v) is 4.22. The molecule has 0 aromatic heterocycles. The molecule has 0 aromatic carbocycles. The number of rotatable bonds is 4. The molecule has 6 heteroatoms. The van der Waals surface area contributed by atoms with Gasteiger partial charge in [-0.2, -0.15) is 0 Å². The lowest BCUT2D eigenvalue weighted by molar-refractivity contribution is -0.131. The quantitative estimate of drug-likeness (QED) is 0.769. The van der Waals surface area contributed by atoms with Crippen LogP contribution in [0.5, 0.6) is 0 Å². The van der Waals surface area contributed by atoms with Gasteiger partial charge in [0.25, 0.3) is 5.91 Å². The van der Waals surface area contributed by atoms with Crippen LogP contribution in [0.3, 0.4) is 0 Å². The summed E-state index contributed by atoms with van der Waals surface area (Å²) in [6.07, 6.45) is 5.61. The van der Waals surface area contributed by atoms with Gasteiger partial charge in [0.1, 0.15) is 0 Å². The van der Waals surface area contributed by atoms with Crippen molar-refractivity contribution >= 4 is 17.9 Å². The van der Waals surface area contributed by atoms with Gasteiger partial charge in [-0.1, -0.05) is 26.7 Å². The number of aliphatic carboxylic acids is 1. The van der Waals surface area contributed by atoms with E-state index in [0.29, 0.717) is 24.6 Å². The monoisotopic (exact) mass is 282 g/mol. The lowest BCUT2D eigenvalue weighted by Gasteiger charge is -2.40. The Morgan fingerprint density at radius 3 is 2.15 bits per heavy atom. The summed E-state index contributed by atoms with van der Waals surface area (Å²) in [5.74, 6) is -1.93. The van der Waals surface area contributed by atoms with Gasteiger partial charge in [-0.3, -0.25) is 10.1 Å². The van der Waals surface area contributed by atoms with Gasteiger partial charge in [-0.05, 0) is 18.3 Å². The zero-order chi connectivity index (χ0) is 15.2. The first-order valence-corrected chi connectivity index (χ1v) is 6.93. The predicted octanol–water partition coefficient (Wildman–Crippen LogP) is 1.77. The molecule has 0 spiro atoms. The predicted molar refractivity (Wildman–Crippen MR) is 74.1 cm³/mol. The van der Waals surface area contributed by atoms with E-state index in [-0.39, 0.29) is 0 Å². The zero-order valence-corrected chi connectivity index (χ0v) is 12.0. The number of imide groups is 1. The molecule has 6 nitrogen and oxygen atoms in total. The Kier molecular flexibility index (Phi) is 5.73. The summed E-state index contributed by atoms with van der Waals surface area (Å²) >= 11 is 0. The van der Waals surface area contributed by atoms with E-state index in [9.17, 15) is 14.4 Å². The Balaban J connectivity index is 2.47. The molecule has 3 amide bonds. The van der Waals surface area contributed by atoms with Crippen LogP contribution in [0, 0.1) is 5.41 Å². The molecule has 0 bridgehead atoms. The van der Waals surface area contributed by atoms with Crippen molar-refractivity contribution in [2.45, 2.75) is 39.5 Å². The molecule has 1 rings (SSSR count). The van der Waals surface area contributed by atoms with Crippen LogP contribution in [0.2, 0.25) is 0 Å². The number of piperidine rings is 1. The highest BCUT2D eigenvalue weighted by atomic mass is 16.4. The summed E-state index contributed by atoms with van der Waals surface area (Å²) in [7, 11) is 0. The minimum Gasteiger partial charge on any atom is -0.478 e. The Morgan fingerprint density at radius 2 is 1.70 bits per heavy atom. The number of hydrogen-bond acceptors (Lipinski definition) is 3. The molecule has 2 N–H and O–H groups in total. The van der Waals surface area contributed by atoms with Crippen molar-refractivity contribution < 1.29 is 19.5 Å². The first-order chi connectivity index (χ1) is 9.42. The molecule has 1 aliphatic rings. The standard InChI is InChI=1S/C14H22N2O4/c1-3-14(4-2)7-9-16(10-8-14)13(20)15-11(17)5-6-12(18)19/h5-6H,3-4,7-10H2,1-2H3,(H,18,19)(H,15,17,20). The smallest absolute Gasteiger partial charge is 0.328 e. The number of urea groups is 1. The lowest BCUT2D eigenvalue weighted by atomic mass is 9.74. The maximum atomic E-state index is 11.9. The fraction of sp³-hybridized carbons (Fsp3) is 0.643. The third-order valence-electron chi connectivity index (χ3n) is 4.22. The number of amides is 3. The number of nitrogens with zero attached hydrogens (tertiary/aromatic N) is 1. The van der Waals surface area contributed by atoms with Crippen molar-refractivity contribution in [1.29, 1.82) is 0 Å². The molecule has 0 aliphatic carbocycles. The molecule has 20 heavy (non-hydrogen) atoms. The Morgan fingerprint density at radius 1 is 1.15 bits per heavy atom. The van der Waals surface area contributed by atoms with Gasteiger partial charge in [0.05, 0.1) is 0 Å². The van der Waals surface area contributed by atoms with Crippen LogP contribution in [0.1, 0.15) is 39.5 Å². The van der Waals surface area contributed by atoms with Gasteiger partial charge in [0, 0.05) is 25.2 Å². The van der Waals surface area contributed by atoms with Crippen LogP contribution in [-0.4, -0.2) is 41.0 Å². The molecule has 112 valence electrons. The maximum Gasteiger partial charge on any atom is 0.328 e. The summed E-state index contributed by atoms with van der Waals surface area (Å²) in [6.45, 7) is 5.59. The van der Waals surface area contributed by atoms with Crippen LogP contribution in [0.4, 0.5) is 4.79 Å². The van der Waals surface area contributed by atoms with Gasteiger partial charge in [-0.25, -0.2) is 9.59 Å². The maximum absolute atomic E-state index is 11.9. The Labute approximate surface area is 118 Å². The number of hydrogen-bond donors (Lipinski definition) is 2. The number of carbonyl (C=O) groups is 3. The molecule has 0 aromatic rings. The fourth-order valence-electron chi connectivity index (χ4n) is 2.51. The first-order valence-electron chi connectivity index (χ1n) is 6.93. The fourth-order valence-corrected chi connectivity index (χ4v) is 2.51. The van der Waals surface area contributed by atoms with Crippen LogP contribution in [0.25, 0.3) is 0 Å². The van der Waals surface area contributed by atoms with Crippen molar-refractivity contribution in [2.24, 2.45) is 5.41 Å². The third kappa shape index (κ3) is 4.36. The van der Waals surface area contributed by atoms with Crippen molar-refractivity contribution in [3.8, 4) is 0 Å². The minimum atomic E-state index is -1.22. The summed E-state index contributed by atoms with van der Waals surface area (Å²) in [4.78, 5) is 35.1. The van der Waals surface area contributed by atoms with Gasteiger partial charge in [0.2, 0.25) is 0 Å². The molecule has 0 saturated carbocycles. The lowest BCUT2D eigenvalue weighted by Crippen LogP contribution is -2.48. The highest BCUT2D eigenvalue weighted by Crippen LogP contribution is 2.37. The molecule has 0 unspecified atom stereocenters. The van der Waals surface area contributed by atoms with Crippen LogP contribution in [-0.2, 0) is 9.59 Å². The van der Waals surface area contributed by atoms with E-state index in [0.717, 1.165) is 31.8 Å². The second kappa shape index (κ2) is 7.07. The molecule has 1 saturated heterocycles. The van der Waals surface area contributed by atoms with Gasteiger partial charge in [-0.15, -0.1) is 0 Å². The van der Waals surface area contributed by atoms with E-state index in [1.807, 2.05) is 0 Å². The zero-order valence-electron chi connectivity index (χ0n) is 12.0. The summed E-state index contributed by atoms with van der Waals surface area (Å²) < 4.78 is 0. The summed E-state index contributed by atoms with van der Waals surface area (Å²) in [6, 6.07) is -0.453.